The fraction of sp³-hybridized carbons (Fsp3) is 0.562. The summed E-state index contributed by atoms with van der Waals surface area (Å²) in [4.78, 5) is 14.4. The molecule has 0 aromatic heterocycles. The third-order valence-electron chi connectivity index (χ3n) is 3.90. The molecule has 110 valence electrons. The molecule has 20 heavy (non-hydrogen) atoms. The van der Waals surface area contributed by atoms with Crippen LogP contribution in [0.25, 0.3) is 0 Å². The number of methoxy groups -OCH3 is 1. The molecule has 0 radical (unpaired) electrons. The Morgan fingerprint density at radius 2 is 2.10 bits per heavy atom. The van der Waals surface area contributed by atoms with Gasteiger partial charge >= 0.3 is 0 Å². The molecule has 1 fully saturated rings. The van der Waals surface area contributed by atoms with Crippen LogP contribution in [0, 0.1) is 0 Å². The van der Waals surface area contributed by atoms with Crippen molar-refractivity contribution in [1.29, 1.82) is 0 Å². The van der Waals surface area contributed by atoms with Gasteiger partial charge in [0.05, 0.1) is 13.0 Å². The zero-order valence-electron chi connectivity index (χ0n) is 12.6. The number of carbonyl (C=O) groups is 1. The summed E-state index contributed by atoms with van der Waals surface area (Å²) >= 11 is 0. The van der Waals surface area contributed by atoms with Crippen molar-refractivity contribution < 1.29 is 9.53 Å². The molecule has 4 nitrogen and oxygen atoms in total. The van der Waals surface area contributed by atoms with Crippen LogP contribution in [-0.2, 0) is 9.53 Å². The second-order valence-corrected chi connectivity index (χ2v) is 5.90. The van der Waals surface area contributed by atoms with Crippen molar-refractivity contribution in [2.45, 2.75) is 31.8 Å². The van der Waals surface area contributed by atoms with E-state index >= 15 is 0 Å². The molecule has 1 unspecified atom stereocenters. The molecule has 0 aliphatic carbocycles. The van der Waals surface area contributed by atoms with Gasteiger partial charge in [-0.1, -0.05) is 30.3 Å². The van der Waals surface area contributed by atoms with Crippen LogP contribution in [0.15, 0.2) is 30.3 Å². The van der Waals surface area contributed by atoms with Crippen LogP contribution < -0.4 is 5.32 Å². The van der Waals surface area contributed by atoms with Crippen LogP contribution in [0.5, 0.6) is 0 Å². The van der Waals surface area contributed by atoms with Crippen molar-refractivity contribution in [1.82, 2.24) is 10.2 Å². The number of benzene rings is 1. The van der Waals surface area contributed by atoms with Crippen molar-refractivity contribution in [3.8, 4) is 0 Å². The van der Waals surface area contributed by atoms with Crippen LogP contribution in [0.1, 0.15) is 31.9 Å². The molecule has 1 atom stereocenters. The molecule has 0 spiro atoms. The Balaban J connectivity index is 2.10. The number of carbonyl (C=O) groups excluding carboxylic acids is 1. The van der Waals surface area contributed by atoms with E-state index in [9.17, 15) is 4.79 Å². The Morgan fingerprint density at radius 3 is 2.75 bits per heavy atom. The summed E-state index contributed by atoms with van der Waals surface area (Å²) in [7, 11) is 1.63. The van der Waals surface area contributed by atoms with Crippen LogP contribution in [0.2, 0.25) is 0 Å². The first-order valence-electron chi connectivity index (χ1n) is 7.12. The van der Waals surface area contributed by atoms with Gasteiger partial charge in [0.1, 0.15) is 0 Å². The molecule has 0 saturated carbocycles. The predicted octanol–water partition coefficient (Wildman–Crippen LogP) is 1.97. The van der Waals surface area contributed by atoms with Crippen molar-refractivity contribution in [2.24, 2.45) is 0 Å². The number of piperazine rings is 1. The molecule has 1 aliphatic rings. The fourth-order valence-corrected chi connectivity index (χ4v) is 2.63. The number of rotatable bonds is 4. The minimum Gasteiger partial charge on any atom is -0.384 e. The highest BCUT2D eigenvalue weighted by atomic mass is 16.5. The van der Waals surface area contributed by atoms with Gasteiger partial charge in [-0.25, -0.2) is 0 Å². The molecule has 1 N–H and O–H groups in total. The van der Waals surface area contributed by atoms with Crippen LogP contribution in [0.4, 0.5) is 0 Å². The maximum Gasteiger partial charge on any atom is 0.225 e. The molecule has 4 heteroatoms. The molecular weight excluding hydrogens is 252 g/mol. The lowest BCUT2D eigenvalue weighted by Crippen LogP contribution is -2.60. The van der Waals surface area contributed by atoms with Gasteiger partial charge in [0, 0.05) is 31.8 Å². The van der Waals surface area contributed by atoms with Crippen LogP contribution in [-0.4, -0.2) is 43.2 Å². The smallest absolute Gasteiger partial charge is 0.225 e. The largest absolute Gasteiger partial charge is 0.384 e. The number of nitrogens with zero attached hydrogens (tertiary/aromatic N) is 1. The van der Waals surface area contributed by atoms with E-state index in [0.717, 1.165) is 6.54 Å². The molecule has 1 heterocycles. The lowest BCUT2D eigenvalue weighted by molar-refractivity contribution is -0.139. The average Bonchev–Trinajstić information content (AvgIpc) is 2.45. The maximum atomic E-state index is 12.4. The normalized spacial score (nSPS) is 21.8. The highest BCUT2D eigenvalue weighted by molar-refractivity contribution is 5.77. The van der Waals surface area contributed by atoms with Gasteiger partial charge in [-0.15, -0.1) is 0 Å². The van der Waals surface area contributed by atoms with Crippen LogP contribution >= 0.6 is 0 Å². The monoisotopic (exact) mass is 276 g/mol. The van der Waals surface area contributed by atoms with E-state index in [1.807, 2.05) is 23.1 Å². The number of nitrogens with one attached hydrogen (secondary N) is 1. The topological polar surface area (TPSA) is 41.6 Å². The van der Waals surface area contributed by atoms with E-state index in [-0.39, 0.29) is 17.5 Å². The number of hydrogen-bond acceptors (Lipinski definition) is 3. The quantitative estimate of drug-likeness (QED) is 0.914. The number of ether oxygens (including phenoxy) is 1. The highest BCUT2D eigenvalue weighted by Gasteiger charge is 2.36. The number of hydrogen-bond donors (Lipinski definition) is 1. The Labute approximate surface area is 121 Å². The molecule has 1 amide bonds. The van der Waals surface area contributed by atoms with Crippen molar-refractivity contribution in [2.75, 3.05) is 26.8 Å². The van der Waals surface area contributed by atoms with E-state index in [1.54, 1.807) is 7.11 Å². The van der Waals surface area contributed by atoms with Crippen molar-refractivity contribution in [3.63, 3.8) is 0 Å². The lowest BCUT2D eigenvalue weighted by atomic mass is 9.94. The van der Waals surface area contributed by atoms with Gasteiger partial charge in [0.25, 0.3) is 0 Å². The Bertz CT molecular complexity index is 445. The summed E-state index contributed by atoms with van der Waals surface area (Å²) in [6.07, 6.45) is 0.446. The molecule has 0 bridgehead atoms. The van der Waals surface area contributed by atoms with Gasteiger partial charge in [0.2, 0.25) is 5.91 Å². The Hall–Kier alpha value is -1.39. The Kier molecular flexibility index (Phi) is 4.78. The third-order valence-corrected chi connectivity index (χ3v) is 3.90. The maximum absolute atomic E-state index is 12.4. The van der Waals surface area contributed by atoms with Gasteiger partial charge in [-0.05, 0) is 19.4 Å². The fourth-order valence-electron chi connectivity index (χ4n) is 2.63. The van der Waals surface area contributed by atoms with Crippen LogP contribution in [0.3, 0.4) is 0 Å². The van der Waals surface area contributed by atoms with Gasteiger partial charge < -0.3 is 15.0 Å². The summed E-state index contributed by atoms with van der Waals surface area (Å²) in [6, 6.07) is 10.5. The van der Waals surface area contributed by atoms with E-state index < -0.39 is 0 Å². The molecule has 1 aromatic carbocycles. The molecular formula is C16H24N2O2. The van der Waals surface area contributed by atoms with E-state index in [4.69, 9.17) is 4.74 Å². The second kappa shape index (κ2) is 6.37. The molecule has 2 rings (SSSR count). The molecule has 1 saturated heterocycles. The van der Waals surface area contributed by atoms with E-state index in [2.05, 4.69) is 31.3 Å². The first kappa shape index (κ1) is 15.0. The molecule has 1 aliphatic heterocycles. The third kappa shape index (κ3) is 3.38. The minimum absolute atomic E-state index is 0.157. The zero-order valence-corrected chi connectivity index (χ0v) is 12.6. The summed E-state index contributed by atoms with van der Waals surface area (Å²) in [5.41, 5.74) is 1.07. The summed E-state index contributed by atoms with van der Waals surface area (Å²) in [6.45, 7) is 6.19. The first-order chi connectivity index (χ1) is 9.54. The SMILES string of the molecule is COCCC(=O)N1CC(c2ccccc2)NCC1(C)C. The first-order valence-corrected chi connectivity index (χ1v) is 7.12. The lowest BCUT2D eigenvalue weighted by Gasteiger charge is -2.46. The van der Waals surface area contributed by atoms with E-state index in [0.29, 0.717) is 19.6 Å². The minimum atomic E-state index is -0.157. The van der Waals surface area contributed by atoms with Gasteiger partial charge in [0.15, 0.2) is 0 Å². The average molecular weight is 276 g/mol. The number of amides is 1. The summed E-state index contributed by atoms with van der Waals surface area (Å²) < 4.78 is 5.02. The zero-order chi connectivity index (χ0) is 14.6. The van der Waals surface area contributed by atoms with Gasteiger partial charge in [-0.3, -0.25) is 4.79 Å². The van der Waals surface area contributed by atoms with E-state index in [1.165, 1.54) is 5.56 Å². The van der Waals surface area contributed by atoms with Gasteiger partial charge in [-0.2, -0.15) is 0 Å². The molecule has 1 aromatic rings. The summed E-state index contributed by atoms with van der Waals surface area (Å²) in [5, 5.41) is 3.54. The van der Waals surface area contributed by atoms with Crippen molar-refractivity contribution in [3.05, 3.63) is 35.9 Å². The highest BCUT2D eigenvalue weighted by Crippen LogP contribution is 2.26. The predicted molar refractivity (Wildman–Crippen MR) is 79.5 cm³/mol. The second-order valence-electron chi connectivity index (χ2n) is 5.90. The Morgan fingerprint density at radius 1 is 1.40 bits per heavy atom. The standard InChI is InChI=1S/C16H24N2O2/c1-16(2)12-17-14(13-7-5-4-6-8-13)11-18(16)15(19)9-10-20-3/h4-8,14,17H,9-12H2,1-3H3. The summed E-state index contributed by atoms with van der Waals surface area (Å²) in [5.74, 6) is 0.166. The van der Waals surface area contributed by atoms with Crippen molar-refractivity contribution >= 4 is 5.91 Å².